The van der Waals surface area contributed by atoms with Crippen LogP contribution in [-0.4, -0.2) is 33.0 Å². The average molecular weight is 423 g/mol. The molecule has 0 N–H and O–H groups in total. The summed E-state index contributed by atoms with van der Waals surface area (Å²) in [6.45, 7) is 7.29. The van der Waals surface area contributed by atoms with Crippen LogP contribution < -0.4 is 0 Å². The van der Waals surface area contributed by atoms with E-state index in [1.54, 1.807) is 0 Å². The molecule has 0 aliphatic heterocycles. The number of ether oxygens (including phenoxy) is 3. The van der Waals surface area contributed by atoms with Gasteiger partial charge in [-0.15, -0.1) is 0 Å². The van der Waals surface area contributed by atoms with Crippen molar-refractivity contribution in [1.29, 1.82) is 0 Å². The summed E-state index contributed by atoms with van der Waals surface area (Å²) in [6, 6.07) is 0. The Morgan fingerprint density at radius 2 is 0.842 bits per heavy atom. The van der Waals surface area contributed by atoms with Crippen molar-refractivity contribution in [2.45, 2.75) is 20.8 Å². The van der Waals surface area contributed by atoms with Crippen LogP contribution in [0.3, 0.4) is 0 Å². The molecule has 0 saturated carbocycles. The molecule has 0 saturated heterocycles. The molecule has 0 heterocycles. The molecule has 0 aliphatic carbocycles. The number of rotatable bonds is 3. The van der Waals surface area contributed by atoms with Crippen molar-refractivity contribution in [3.63, 3.8) is 0 Å². The Morgan fingerprint density at radius 1 is 0.684 bits per heavy atom. The van der Waals surface area contributed by atoms with Gasteiger partial charge in [-0.05, 0) is 20.8 Å². The van der Waals surface area contributed by atoms with E-state index in [2.05, 4.69) is 88.8 Å². The van der Waals surface area contributed by atoms with Crippen molar-refractivity contribution < 1.29 is 31.0 Å². The van der Waals surface area contributed by atoms with E-state index in [0.717, 1.165) is 0 Å². The van der Waals surface area contributed by atoms with Gasteiger partial charge in [0, 0.05) is 13.1 Å². The molecule has 0 fully saturated rings. The van der Waals surface area contributed by atoms with Gasteiger partial charge in [-0.1, -0.05) is 0 Å². The van der Waals surface area contributed by atoms with Crippen LogP contribution in [0.5, 0.6) is 0 Å². The van der Waals surface area contributed by atoms with E-state index in [-0.39, 0.29) is 29.9 Å². The molecule has 0 bridgehead atoms. The second kappa shape index (κ2) is 23.9. The van der Waals surface area contributed by atoms with Gasteiger partial charge in [0.1, 0.15) is 0 Å². The van der Waals surface area contributed by atoms with E-state index in [4.69, 9.17) is 0 Å². The molecular weight excluding hydrogens is 407 g/mol. The van der Waals surface area contributed by atoms with Gasteiger partial charge >= 0.3 is 16.8 Å². The minimum absolute atomic E-state index is 0. The summed E-state index contributed by atoms with van der Waals surface area (Å²) in [5.74, 6) is 0. The molecule has 0 aromatic rings. The molecule has 0 rings (SSSR count). The third kappa shape index (κ3) is 55.2. The zero-order chi connectivity index (χ0) is 15.0. The second-order valence-corrected chi connectivity index (χ2v) is 5.05. The molecular formula is C9H15CoO3S6. The molecule has 0 atom stereocenters. The predicted octanol–water partition coefficient (Wildman–Crippen LogP) is 2.56. The molecule has 0 aromatic carbocycles. The molecule has 19 heavy (non-hydrogen) atoms. The Balaban J connectivity index is -0.0000000865. The minimum atomic E-state index is 0. The maximum Gasteiger partial charge on any atom is 3.00 e. The van der Waals surface area contributed by atoms with Gasteiger partial charge in [0.05, 0.1) is 19.8 Å². The first-order chi connectivity index (χ1) is 8.31. The Bertz CT molecular complexity index is 202. The van der Waals surface area contributed by atoms with Crippen LogP contribution in [0.4, 0.5) is 0 Å². The fourth-order valence-corrected chi connectivity index (χ4v) is 1.06. The first kappa shape index (κ1) is 28.1. The van der Waals surface area contributed by atoms with Crippen molar-refractivity contribution in [1.82, 2.24) is 0 Å². The molecule has 0 radical (unpaired) electrons. The number of hydrogen-bond donors (Lipinski definition) is 0. The predicted molar refractivity (Wildman–Crippen MR) is 94.8 cm³/mol. The van der Waals surface area contributed by atoms with E-state index in [0.29, 0.717) is 19.8 Å². The zero-order valence-electron chi connectivity index (χ0n) is 10.6. The van der Waals surface area contributed by atoms with E-state index in [1.165, 1.54) is 0 Å². The summed E-state index contributed by atoms with van der Waals surface area (Å²) in [7, 11) is 0. The molecule has 114 valence electrons. The molecule has 3 nitrogen and oxygen atoms in total. The third-order valence-corrected chi connectivity index (χ3v) is 1.49. The van der Waals surface area contributed by atoms with Crippen LogP contribution >= 0.6 is 36.7 Å². The Hall–Kier alpha value is 0.836. The summed E-state index contributed by atoms with van der Waals surface area (Å²) < 4.78 is 14.4. The van der Waals surface area contributed by atoms with E-state index in [1.807, 2.05) is 20.8 Å². The van der Waals surface area contributed by atoms with E-state index in [9.17, 15) is 0 Å². The Labute approximate surface area is 158 Å². The summed E-state index contributed by atoms with van der Waals surface area (Å²) in [6.07, 6.45) is 0. The van der Waals surface area contributed by atoms with Gasteiger partial charge < -0.3 is 88.8 Å². The maximum atomic E-state index is 4.59. The topological polar surface area (TPSA) is 27.7 Å². The van der Waals surface area contributed by atoms with Crippen molar-refractivity contribution in [2.24, 2.45) is 0 Å². The minimum Gasteiger partial charge on any atom is -0.514 e. The van der Waals surface area contributed by atoms with Crippen LogP contribution in [-0.2, 0) is 68.9 Å². The number of thiocarbonyl (C=S) groups is 3. The standard InChI is InChI=1S/3C3H6OS2.Co/c3*1-2-4-3(5)6;/h3*2H2,1H3,(H,5,6);/q;;;+3/p-3. The average Bonchev–Trinajstić information content (AvgIpc) is 2.18. The van der Waals surface area contributed by atoms with Crippen molar-refractivity contribution in [2.75, 3.05) is 19.8 Å². The quantitative estimate of drug-likeness (QED) is 0.502. The van der Waals surface area contributed by atoms with Gasteiger partial charge in [-0.25, -0.2) is 0 Å². The van der Waals surface area contributed by atoms with E-state index >= 15 is 0 Å². The molecule has 0 amide bonds. The summed E-state index contributed by atoms with van der Waals surface area (Å²) in [4.78, 5) is 0. The van der Waals surface area contributed by atoms with Gasteiger partial charge in [-0.2, -0.15) is 0 Å². The zero-order valence-corrected chi connectivity index (χ0v) is 16.6. The van der Waals surface area contributed by atoms with Crippen LogP contribution in [0.1, 0.15) is 20.8 Å². The second-order valence-electron chi connectivity index (χ2n) is 2.05. The van der Waals surface area contributed by atoms with Gasteiger partial charge in [0.15, 0.2) is 0 Å². The first-order valence-corrected chi connectivity index (χ1v) is 7.27. The molecule has 0 aromatic heterocycles. The molecule has 10 heteroatoms. The van der Waals surface area contributed by atoms with Crippen LogP contribution in [0.2, 0.25) is 0 Å². The molecule has 0 aliphatic rings. The maximum absolute atomic E-state index is 4.59. The van der Waals surface area contributed by atoms with Crippen molar-refractivity contribution in [3.05, 3.63) is 0 Å². The normalized spacial score (nSPS) is 7.11. The van der Waals surface area contributed by atoms with Crippen LogP contribution in [0.15, 0.2) is 0 Å². The number of hydrogen-bond acceptors (Lipinski definition) is 9. The van der Waals surface area contributed by atoms with Crippen molar-refractivity contribution >= 4 is 87.7 Å². The largest absolute Gasteiger partial charge is 3.00 e. The smallest absolute Gasteiger partial charge is 0.514 e. The molecule has 0 spiro atoms. The fraction of sp³-hybridized carbons (Fsp3) is 0.667. The Morgan fingerprint density at radius 3 is 0.842 bits per heavy atom. The van der Waals surface area contributed by atoms with Gasteiger partial charge in [0.2, 0.25) is 0 Å². The monoisotopic (exact) mass is 422 g/mol. The van der Waals surface area contributed by atoms with Gasteiger partial charge in [0.25, 0.3) is 0 Å². The van der Waals surface area contributed by atoms with Crippen LogP contribution in [0.25, 0.3) is 0 Å². The van der Waals surface area contributed by atoms with Crippen molar-refractivity contribution in [3.8, 4) is 0 Å². The summed E-state index contributed by atoms with van der Waals surface area (Å²) >= 11 is 26.3. The summed E-state index contributed by atoms with van der Waals surface area (Å²) in [5.41, 5.74) is 0. The summed E-state index contributed by atoms with van der Waals surface area (Å²) in [5, 5.41) is 0. The first-order valence-electron chi connectivity index (χ1n) is 4.82. The van der Waals surface area contributed by atoms with E-state index < -0.39 is 0 Å². The van der Waals surface area contributed by atoms with Crippen LogP contribution in [0, 0.1) is 0 Å². The SMILES string of the molecule is CCOC(=S)[S-].CCOC(=S)[S-].CCOC(=S)[S-].[Co+3]. The molecule has 0 unspecified atom stereocenters. The Kier molecular flexibility index (Phi) is 35.3. The fourth-order valence-electron chi connectivity index (χ4n) is 0.354. The third-order valence-electron chi connectivity index (χ3n) is 0.787. The van der Waals surface area contributed by atoms with Gasteiger partial charge in [-0.3, -0.25) is 0 Å².